The number of thioether (sulfide) groups is 1. The molecule has 0 radical (unpaired) electrons. The highest BCUT2D eigenvalue weighted by atomic mass is 32.2. The lowest BCUT2D eigenvalue weighted by molar-refractivity contribution is 0.102. The van der Waals surface area contributed by atoms with Crippen molar-refractivity contribution in [2.24, 2.45) is 0 Å². The van der Waals surface area contributed by atoms with Crippen LogP contribution < -0.4 is 0 Å². The summed E-state index contributed by atoms with van der Waals surface area (Å²) in [5.74, 6) is 0.223. The van der Waals surface area contributed by atoms with Gasteiger partial charge in [-0.1, -0.05) is 0 Å². The molecule has 86 valence electrons. The first-order chi connectivity index (χ1) is 7.63. The van der Waals surface area contributed by atoms with Gasteiger partial charge in [-0.3, -0.25) is 4.79 Å². The Balaban J connectivity index is 2.41. The van der Waals surface area contributed by atoms with Crippen molar-refractivity contribution in [1.82, 2.24) is 4.90 Å². The van der Waals surface area contributed by atoms with E-state index in [1.165, 1.54) is 5.56 Å². The SMILES string of the molecule is CSc1scc2c1C(=O)/C(=C/N(C)C)CC2. The second-order valence-corrected chi connectivity index (χ2v) is 6.03. The van der Waals surface area contributed by atoms with Crippen LogP contribution in [0.5, 0.6) is 0 Å². The van der Waals surface area contributed by atoms with Crippen LogP contribution in [0.2, 0.25) is 0 Å². The fourth-order valence-corrected chi connectivity index (χ4v) is 3.71. The molecule has 0 unspecified atom stereocenters. The molecule has 0 amide bonds. The molecule has 0 saturated carbocycles. The van der Waals surface area contributed by atoms with Crippen molar-refractivity contribution in [2.45, 2.75) is 17.1 Å². The van der Waals surface area contributed by atoms with Crippen LogP contribution in [-0.4, -0.2) is 31.0 Å². The Morgan fingerprint density at radius 3 is 2.81 bits per heavy atom. The van der Waals surface area contributed by atoms with E-state index in [1.54, 1.807) is 23.1 Å². The maximum absolute atomic E-state index is 12.3. The number of fused-ring (bicyclic) bond motifs is 1. The summed E-state index contributed by atoms with van der Waals surface area (Å²) in [6.45, 7) is 0. The Morgan fingerprint density at radius 1 is 1.44 bits per heavy atom. The number of hydrogen-bond acceptors (Lipinski definition) is 4. The summed E-state index contributed by atoms with van der Waals surface area (Å²) in [5, 5.41) is 2.13. The molecule has 16 heavy (non-hydrogen) atoms. The Bertz CT molecular complexity index is 432. The molecule has 0 fully saturated rings. The third-order valence-corrected chi connectivity index (χ3v) is 4.80. The van der Waals surface area contributed by atoms with E-state index in [9.17, 15) is 4.79 Å². The van der Waals surface area contributed by atoms with Gasteiger partial charge in [0.25, 0.3) is 0 Å². The molecule has 0 atom stereocenters. The van der Waals surface area contributed by atoms with Crippen molar-refractivity contribution in [2.75, 3.05) is 20.4 Å². The molecule has 2 nitrogen and oxygen atoms in total. The molecular formula is C12H15NOS2. The largest absolute Gasteiger partial charge is 0.383 e. The van der Waals surface area contributed by atoms with Crippen LogP contribution in [0.15, 0.2) is 21.4 Å². The minimum absolute atomic E-state index is 0.223. The second kappa shape index (κ2) is 4.63. The van der Waals surface area contributed by atoms with Crippen LogP contribution in [0.4, 0.5) is 0 Å². The highest BCUT2D eigenvalue weighted by Crippen LogP contribution is 2.37. The normalized spacial score (nSPS) is 17.7. The number of aryl methyl sites for hydroxylation is 1. The highest BCUT2D eigenvalue weighted by Gasteiger charge is 2.26. The first kappa shape index (κ1) is 11.7. The maximum Gasteiger partial charge on any atom is 0.192 e. The number of carbonyl (C=O) groups excluding carboxylic acids is 1. The molecule has 4 heteroatoms. The average molecular weight is 253 g/mol. The number of ketones is 1. The molecule has 1 heterocycles. The van der Waals surface area contributed by atoms with Gasteiger partial charge in [0.05, 0.1) is 4.21 Å². The fraction of sp³-hybridized carbons (Fsp3) is 0.417. The molecule has 0 saturated heterocycles. The molecule has 0 aromatic carbocycles. The van der Waals surface area contributed by atoms with E-state index in [4.69, 9.17) is 0 Å². The summed E-state index contributed by atoms with van der Waals surface area (Å²) < 4.78 is 1.16. The average Bonchev–Trinajstić information content (AvgIpc) is 2.65. The zero-order chi connectivity index (χ0) is 11.7. The number of rotatable bonds is 2. The predicted molar refractivity (Wildman–Crippen MR) is 70.5 cm³/mol. The first-order valence-corrected chi connectivity index (χ1v) is 7.30. The number of allylic oxidation sites excluding steroid dienone is 1. The lowest BCUT2D eigenvalue weighted by Gasteiger charge is -2.17. The third kappa shape index (κ3) is 2.04. The monoisotopic (exact) mass is 253 g/mol. The predicted octanol–water partition coefficient (Wildman–Crippen LogP) is 3.04. The van der Waals surface area contributed by atoms with E-state index >= 15 is 0 Å². The van der Waals surface area contributed by atoms with Gasteiger partial charge in [0, 0.05) is 31.4 Å². The minimum Gasteiger partial charge on any atom is -0.383 e. The molecule has 0 spiro atoms. The fourth-order valence-electron chi connectivity index (χ4n) is 1.92. The smallest absolute Gasteiger partial charge is 0.192 e. The minimum atomic E-state index is 0.223. The van der Waals surface area contributed by atoms with Gasteiger partial charge in [0.2, 0.25) is 0 Å². The molecule has 0 bridgehead atoms. The molecule has 1 aromatic heterocycles. The summed E-state index contributed by atoms with van der Waals surface area (Å²) in [5.41, 5.74) is 3.12. The van der Waals surface area contributed by atoms with Crippen LogP contribution in [-0.2, 0) is 6.42 Å². The highest BCUT2D eigenvalue weighted by molar-refractivity contribution is 8.00. The number of carbonyl (C=O) groups is 1. The van der Waals surface area contributed by atoms with Gasteiger partial charge in [-0.25, -0.2) is 0 Å². The number of hydrogen-bond donors (Lipinski definition) is 0. The molecule has 1 aliphatic rings. The second-order valence-electron chi connectivity index (χ2n) is 4.07. The van der Waals surface area contributed by atoms with Gasteiger partial charge in [0.15, 0.2) is 5.78 Å². The molecule has 0 N–H and O–H groups in total. The molecule has 0 aliphatic heterocycles. The van der Waals surface area contributed by atoms with Crippen LogP contribution >= 0.6 is 23.1 Å². The quantitative estimate of drug-likeness (QED) is 0.597. The van der Waals surface area contributed by atoms with Crippen molar-refractivity contribution in [3.63, 3.8) is 0 Å². The van der Waals surface area contributed by atoms with Crippen molar-refractivity contribution in [1.29, 1.82) is 0 Å². The van der Waals surface area contributed by atoms with Crippen LogP contribution in [0.25, 0.3) is 0 Å². The van der Waals surface area contributed by atoms with Crippen LogP contribution in [0.1, 0.15) is 22.3 Å². The van der Waals surface area contributed by atoms with E-state index in [1.807, 2.05) is 31.5 Å². The zero-order valence-electron chi connectivity index (χ0n) is 9.74. The number of nitrogens with zero attached hydrogens (tertiary/aromatic N) is 1. The lowest BCUT2D eigenvalue weighted by atomic mass is 9.90. The Labute approximate surface area is 104 Å². The van der Waals surface area contributed by atoms with Gasteiger partial charge >= 0.3 is 0 Å². The maximum atomic E-state index is 12.3. The number of thiophene rings is 1. The van der Waals surface area contributed by atoms with E-state index in [2.05, 4.69) is 5.38 Å². The zero-order valence-corrected chi connectivity index (χ0v) is 11.4. The van der Waals surface area contributed by atoms with Gasteiger partial charge < -0.3 is 4.90 Å². The summed E-state index contributed by atoms with van der Waals surface area (Å²) in [4.78, 5) is 14.2. The summed E-state index contributed by atoms with van der Waals surface area (Å²) >= 11 is 3.36. The summed E-state index contributed by atoms with van der Waals surface area (Å²) in [6.07, 6.45) is 5.85. The van der Waals surface area contributed by atoms with Crippen molar-refractivity contribution < 1.29 is 4.79 Å². The Morgan fingerprint density at radius 2 is 2.19 bits per heavy atom. The first-order valence-electron chi connectivity index (χ1n) is 5.19. The van der Waals surface area contributed by atoms with Gasteiger partial charge in [-0.05, 0) is 30.0 Å². The van der Waals surface area contributed by atoms with Gasteiger partial charge in [-0.2, -0.15) is 0 Å². The topological polar surface area (TPSA) is 20.3 Å². The summed E-state index contributed by atoms with van der Waals surface area (Å²) in [6, 6.07) is 0. The van der Waals surface area contributed by atoms with E-state index in [-0.39, 0.29) is 5.78 Å². The van der Waals surface area contributed by atoms with Crippen LogP contribution in [0.3, 0.4) is 0 Å². The van der Waals surface area contributed by atoms with E-state index < -0.39 is 0 Å². The van der Waals surface area contributed by atoms with E-state index in [0.717, 1.165) is 28.2 Å². The summed E-state index contributed by atoms with van der Waals surface area (Å²) in [7, 11) is 3.91. The molecule has 1 aromatic rings. The van der Waals surface area contributed by atoms with Gasteiger partial charge in [-0.15, -0.1) is 23.1 Å². The van der Waals surface area contributed by atoms with Crippen LogP contribution in [0, 0.1) is 0 Å². The Kier molecular flexibility index (Phi) is 3.40. The third-order valence-electron chi connectivity index (χ3n) is 2.62. The Hall–Kier alpha value is -0.740. The van der Waals surface area contributed by atoms with E-state index in [0.29, 0.717) is 0 Å². The molecular weight excluding hydrogens is 238 g/mol. The lowest BCUT2D eigenvalue weighted by Crippen LogP contribution is -2.16. The number of Topliss-reactive ketones (excluding diaryl/α,β-unsaturated/α-hetero) is 1. The molecule has 2 rings (SSSR count). The van der Waals surface area contributed by atoms with Gasteiger partial charge in [0.1, 0.15) is 0 Å². The van der Waals surface area contributed by atoms with Crippen molar-refractivity contribution in [3.05, 3.63) is 28.3 Å². The molecule has 1 aliphatic carbocycles. The van der Waals surface area contributed by atoms with Crippen molar-refractivity contribution >= 4 is 28.9 Å². The standard InChI is InChI=1S/C12H15NOS2/c1-13(2)6-8-4-5-9-7-16-12(15-3)10(9)11(8)14/h6-7H,4-5H2,1-3H3/b8-6+. The van der Waals surface area contributed by atoms with Crippen molar-refractivity contribution in [3.8, 4) is 0 Å².